The smallest absolute Gasteiger partial charge is 0.0772 e. The summed E-state index contributed by atoms with van der Waals surface area (Å²) in [6.07, 6.45) is 2.21. The van der Waals surface area contributed by atoms with Crippen molar-refractivity contribution in [1.82, 2.24) is 5.32 Å². The van der Waals surface area contributed by atoms with Crippen LogP contribution in [0.5, 0.6) is 0 Å². The van der Waals surface area contributed by atoms with Gasteiger partial charge in [0.05, 0.1) is 12.7 Å². The largest absolute Gasteiger partial charge is 0.372 e. The first kappa shape index (κ1) is 24.8. The Labute approximate surface area is 214 Å². The molecular weight excluding hydrogens is 458 g/mol. The van der Waals surface area contributed by atoms with Crippen molar-refractivity contribution in [3.05, 3.63) is 119 Å². The number of nitrogens with one attached hydrogen (secondary N) is 1. The molecule has 0 amide bonds. The van der Waals surface area contributed by atoms with Gasteiger partial charge in [-0.2, -0.15) is 12.6 Å². The average Bonchev–Trinajstić information content (AvgIpc) is 2.88. The number of hydrogen-bond acceptors (Lipinski definition) is 3. The number of halogens is 1. The molecule has 5 rings (SSSR count). The van der Waals surface area contributed by atoms with Gasteiger partial charge in [-0.05, 0) is 58.5 Å². The summed E-state index contributed by atoms with van der Waals surface area (Å²) in [6.45, 7) is 2.58. The Morgan fingerprint density at radius 2 is 1.53 bits per heavy atom. The van der Waals surface area contributed by atoms with E-state index in [0.717, 1.165) is 25.9 Å². The highest BCUT2D eigenvalue weighted by molar-refractivity contribution is 7.80. The molecule has 0 bridgehead atoms. The monoisotopic (exact) mass is 489 g/mol. The minimum atomic E-state index is 0. The molecule has 2 nitrogen and oxygen atoms in total. The van der Waals surface area contributed by atoms with Crippen LogP contribution in [0.4, 0.5) is 0 Å². The number of thiol groups is 1. The van der Waals surface area contributed by atoms with Crippen LogP contribution in [0.3, 0.4) is 0 Å². The topological polar surface area (TPSA) is 21.3 Å². The molecule has 176 valence electrons. The van der Waals surface area contributed by atoms with E-state index in [0.29, 0.717) is 12.5 Å². The maximum absolute atomic E-state index is 6.46. The molecule has 1 heterocycles. The van der Waals surface area contributed by atoms with Crippen molar-refractivity contribution >= 4 is 35.8 Å². The van der Waals surface area contributed by atoms with E-state index in [1.54, 1.807) is 0 Å². The molecule has 34 heavy (non-hydrogen) atoms. The Bertz CT molecular complexity index is 1180. The van der Waals surface area contributed by atoms with Crippen molar-refractivity contribution < 1.29 is 4.74 Å². The number of ether oxygens (including phenoxy) is 1. The number of benzene rings is 4. The highest BCUT2D eigenvalue weighted by Gasteiger charge is 2.27. The van der Waals surface area contributed by atoms with Crippen LogP contribution < -0.4 is 5.32 Å². The third kappa shape index (κ3) is 6.03. The van der Waals surface area contributed by atoms with E-state index < -0.39 is 0 Å². The third-order valence-electron chi connectivity index (χ3n) is 6.73. The van der Waals surface area contributed by atoms with Gasteiger partial charge >= 0.3 is 0 Å². The predicted octanol–water partition coefficient (Wildman–Crippen LogP) is 7.14. The summed E-state index contributed by atoms with van der Waals surface area (Å²) in [5, 5.41) is 6.28. The Balaban J connectivity index is 0.00000274. The van der Waals surface area contributed by atoms with E-state index >= 15 is 0 Å². The van der Waals surface area contributed by atoms with Gasteiger partial charge in [0.2, 0.25) is 0 Å². The highest BCUT2D eigenvalue weighted by Crippen LogP contribution is 2.30. The number of hydrogen-bond donors (Lipinski definition) is 2. The Morgan fingerprint density at radius 1 is 0.824 bits per heavy atom. The third-order valence-corrected chi connectivity index (χ3v) is 7.21. The summed E-state index contributed by atoms with van der Waals surface area (Å²) in [7, 11) is 0. The summed E-state index contributed by atoms with van der Waals surface area (Å²) in [5.74, 6) is 0.418. The van der Waals surface area contributed by atoms with Gasteiger partial charge < -0.3 is 10.1 Å². The minimum Gasteiger partial charge on any atom is -0.372 e. The quantitative estimate of drug-likeness (QED) is 0.269. The number of fused-ring (bicyclic) bond motifs is 1. The molecule has 0 aliphatic carbocycles. The van der Waals surface area contributed by atoms with Crippen LogP contribution in [0.1, 0.15) is 39.8 Å². The fourth-order valence-corrected chi connectivity index (χ4v) is 5.22. The lowest BCUT2D eigenvalue weighted by Gasteiger charge is -2.32. The van der Waals surface area contributed by atoms with Crippen LogP contribution in [0, 0.1) is 0 Å². The SMILES string of the molecule is Cl.SC(Cc1ccc(C2CCNCC2OCc2ccc3ccccc3c2)cc1)c1ccccc1. The van der Waals surface area contributed by atoms with Gasteiger partial charge in [0.1, 0.15) is 0 Å². The van der Waals surface area contributed by atoms with E-state index in [4.69, 9.17) is 17.4 Å². The van der Waals surface area contributed by atoms with Gasteiger partial charge in [0, 0.05) is 17.7 Å². The minimum absolute atomic E-state index is 0. The second kappa shape index (κ2) is 11.9. The molecule has 0 radical (unpaired) electrons. The molecule has 3 atom stereocenters. The van der Waals surface area contributed by atoms with Crippen LogP contribution in [0.15, 0.2) is 97.1 Å². The van der Waals surface area contributed by atoms with Crippen LogP contribution in [0.25, 0.3) is 10.8 Å². The van der Waals surface area contributed by atoms with Crippen LogP contribution in [0.2, 0.25) is 0 Å². The van der Waals surface area contributed by atoms with Crippen molar-refractivity contribution in [2.75, 3.05) is 13.1 Å². The van der Waals surface area contributed by atoms with Gasteiger partial charge in [0.25, 0.3) is 0 Å². The molecule has 3 unspecified atom stereocenters. The molecule has 0 saturated carbocycles. The molecule has 1 saturated heterocycles. The van der Waals surface area contributed by atoms with E-state index in [9.17, 15) is 0 Å². The predicted molar refractivity (Wildman–Crippen MR) is 148 cm³/mol. The standard InChI is InChI=1S/C30H31NOS.ClH/c33-30(26-7-2-1-3-8-26)19-22-10-14-25(15-11-22)28-16-17-31-20-29(28)32-21-23-12-13-24-6-4-5-9-27(24)18-23;/h1-15,18,28-31,33H,16-17,19-21H2;1H. The van der Waals surface area contributed by atoms with E-state index in [2.05, 4.69) is 102 Å². The summed E-state index contributed by atoms with van der Waals surface area (Å²) in [5.41, 5.74) is 5.20. The van der Waals surface area contributed by atoms with Crippen molar-refractivity contribution in [2.45, 2.75) is 36.7 Å². The van der Waals surface area contributed by atoms with Crippen LogP contribution in [-0.2, 0) is 17.8 Å². The zero-order valence-electron chi connectivity index (χ0n) is 19.3. The Hall–Kier alpha value is -2.30. The number of rotatable bonds is 7. The zero-order valence-corrected chi connectivity index (χ0v) is 21.0. The maximum Gasteiger partial charge on any atom is 0.0772 e. The highest BCUT2D eigenvalue weighted by atomic mass is 35.5. The molecule has 0 spiro atoms. The van der Waals surface area contributed by atoms with Crippen molar-refractivity contribution in [1.29, 1.82) is 0 Å². The fourth-order valence-electron chi connectivity index (χ4n) is 4.84. The first-order valence-electron chi connectivity index (χ1n) is 11.9. The second-order valence-electron chi connectivity index (χ2n) is 9.00. The Morgan fingerprint density at radius 3 is 2.32 bits per heavy atom. The van der Waals surface area contributed by atoms with Gasteiger partial charge in [-0.1, -0.05) is 91.0 Å². The molecule has 4 aromatic carbocycles. The molecular formula is C30H32ClNOS. The average molecular weight is 490 g/mol. The summed E-state index contributed by atoms with van der Waals surface area (Å²) in [4.78, 5) is 0. The lowest BCUT2D eigenvalue weighted by molar-refractivity contribution is 0.0106. The summed E-state index contributed by atoms with van der Waals surface area (Å²) >= 11 is 4.83. The van der Waals surface area contributed by atoms with E-state index in [1.807, 2.05) is 0 Å². The molecule has 1 aliphatic heterocycles. The molecule has 1 aliphatic rings. The molecule has 4 aromatic rings. The maximum atomic E-state index is 6.46. The van der Waals surface area contributed by atoms with E-state index in [-0.39, 0.29) is 23.8 Å². The fraction of sp³-hybridized carbons (Fsp3) is 0.267. The summed E-state index contributed by atoms with van der Waals surface area (Å²) < 4.78 is 6.46. The van der Waals surface area contributed by atoms with Crippen LogP contribution >= 0.6 is 25.0 Å². The van der Waals surface area contributed by atoms with Crippen molar-refractivity contribution in [2.24, 2.45) is 0 Å². The normalized spacial score (nSPS) is 18.9. The van der Waals surface area contributed by atoms with Gasteiger partial charge in [-0.15, -0.1) is 12.4 Å². The first-order chi connectivity index (χ1) is 16.3. The molecule has 4 heteroatoms. The lowest BCUT2D eigenvalue weighted by atomic mass is 9.87. The van der Waals surface area contributed by atoms with Crippen LogP contribution in [-0.4, -0.2) is 19.2 Å². The van der Waals surface area contributed by atoms with Gasteiger partial charge in [-0.3, -0.25) is 0 Å². The lowest BCUT2D eigenvalue weighted by Crippen LogP contribution is -2.40. The summed E-state index contributed by atoms with van der Waals surface area (Å²) in [6, 6.07) is 34.8. The van der Waals surface area contributed by atoms with Crippen molar-refractivity contribution in [3.63, 3.8) is 0 Å². The number of piperidine rings is 1. The first-order valence-corrected chi connectivity index (χ1v) is 12.4. The van der Waals surface area contributed by atoms with Crippen molar-refractivity contribution in [3.8, 4) is 0 Å². The molecule has 1 fully saturated rings. The van der Waals surface area contributed by atoms with Gasteiger partial charge in [0.15, 0.2) is 0 Å². The Kier molecular flexibility index (Phi) is 8.69. The zero-order chi connectivity index (χ0) is 22.5. The molecule has 1 N–H and O–H groups in total. The van der Waals surface area contributed by atoms with Gasteiger partial charge in [-0.25, -0.2) is 0 Å². The second-order valence-corrected chi connectivity index (χ2v) is 9.63. The molecule has 0 aromatic heterocycles. The van der Waals surface area contributed by atoms with E-state index in [1.165, 1.54) is 33.0 Å².